The van der Waals surface area contributed by atoms with Gasteiger partial charge in [-0.15, -0.1) is 0 Å². The second kappa shape index (κ2) is 4.81. The quantitative estimate of drug-likeness (QED) is 0.482. The molecular weight excluding hydrogens is 359 g/mol. The summed E-state index contributed by atoms with van der Waals surface area (Å²) < 4.78 is 0.357. The van der Waals surface area contributed by atoms with Crippen LogP contribution in [-0.2, 0) is 0 Å². The molecule has 98 valence electrons. The van der Waals surface area contributed by atoms with E-state index in [9.17, 15) is 0 Å². The Morgan fingerprint density at radius 3 is 1.50 bits per heavy atom. The largest absolute Gasteiger partial charge is 0.281 e. The van der Waals surface area contributed by atoms with Crippen molar-refractivity contribution >= 4 is 35.0 Å². The van der Waals surface area contributed by atoms with Crippen LogP contribution in [0.25, 0.3) is 0 Å². The van der Waals surface area contributed by atoms with Crippen molar-refractivity contribution in [2.24, 2.45) is 9.98 Å². The molecule has 0 radical (unpaired) electrons. The first kappa shape index (κ1) is 12.3. The van der Waals surface area contributed by atoms with E-state index in [1.54, 1.807) is 0 Å². The lowest BCUT2D eigenvalue weighted by atomic mass is 9.94. The smallest absolute Gasteiger partial charge is 0.102 e. The number of alkyl halides is 1. The Hall–Kier alpha value is -1.49. The van der Waals surface area contributed by atoms with Gasteiger partial charge in [0.05, 0.1) is 3.92 Å². The van der Waals surface area contributed by atoms with Crippen LogP contribution in [0, 0.1) is 0 Å². The average Bonchev–Trinajstić information content (AvgIpc) is 2.64. The van der Waals surface area contributed by atoms with Gasteiger partial charge in [0.1, 0.15) is 12.1 Å². The Kier molecular flexibility index (Phi) is 2.95. The lowest BCUT2D eigenvalue weighted by Gasteiger charge is -2.23. The summed E-state index contributed by atoms with van der Waals surface area (Å²) in [5.74, 6) is 0. The molecule has 2 unspecified atom stereocenters. The maximum absolute atomic E-state index is 4.71. The average molecular weight is 372 g/mol. The molecule has 2 atom stereocenters. The van der Waals surface area contributed by atoms with E-state index in [0.717, 1.165) is 0 Å². The summed E-state index contributed by atoms with van der Waals surface area (Å²) in [6, 6.07) is 17.5. The fraction of sp³-hybridized carbons (Fsp3) is 0.176. The van der Waals surface area contributed by atoms with E-state index in [-0.39, 0.29) is 12.1 Å². The molecule has 1 heterocycles. The molecule has 1 aliphatic carbocycles. The predicted molar refractivity (Wildman–Crippen MR) is 91.2 cm³/mol. The Bertz CT molecular complexity index is 659. The topological polar surface area (TPSA) is 24.7 Å². The molecule has 2 nitrogen and oxygen atoms in total. The molecule has 2 aromatic rings. The van der Waals surface area contributed by atoms with Crippen LogP contribution in [0.15, 0.2) is 58.5 Å². The highest BCUT2D eigenvalue weighted by molar-refractivity contribution is 14.1. The molecule has 0 fully saturated rings. The van der Waals surface area contributed by atoms with Gasteiger partial charge >= 0.3 is 0 Å². The van der Waals surface area contributed by atoms with Crippen molar-refractivity contribution in [2.45, 2.75) is 16.0 Å². The number of aliphatic imine (C=N–C) groups is 2. The monoisotopic (exact) mass is 372 g/mol. The summed E-state index contributed by atoms with van der Waals surface area (Å²) in [5, 5.41) is 0. The molecule has 0 bridgehead atoms. The first-order valence-corrected chi connectivity index (χ1v) is 7.97. The molecule has 2 aromatic carbocycles. The summed E-state index contributed by atoms with van der Waals surface area (Å²) in [6.07, 6.45) is 3.65. The molecule has 0 N–H and O–H groups in total. The van der Waals surface area contributed by atoms with E-state index in [1.165, 1.54) is 22.3 Å². The Labute approximate surface area is 131 Å². The zero-order valence-corrected chi connectivity index (χ0v) is 12.9. The summed E-state index contributed by atoms with van der Waals surface area (Å²) in [5.41, 5.74) is 5.34. The molecule has 0 amide bonds. The minimum atomic E-state index is 0.108. The standard InChI is InChI=1S/C17H13IN2/c18-15-11-5-1-3-7-13(11)16-17(20-10-9-19-16)14-8-4-2-6-12(14)15/h1-10,15-17H. The van der Waals surface area contributed by atoms with Gasteiger partial charge < -0.3 is 0 Å². The first-order chi connectivity index (χ1) is 9.86. The second-order valence-electron chi connectivity index (χ2n) is 5.11. The van der Waals surface area contributed by atoms with Crippen molar-refractivity contribution in [3.63, 3.8) is 0 Å². The van der Waals surface area contributed by atoms with Crippen LogP contribution in [0.4, 0.5) is 0 Å². The number of hydrogen-bond donors (Lipinski definition) is 0. The molecule has 4 rings (SSSR count). The third kappa shape index (κ3) is 1.76. The van der Waals surface area contributed by atoms with Gasteiger partial charge in [-0.3, -0.25) is 9.98 Å². The van der Waals surface area contributed by atoms with Gasteiger partial charge in [-0.05, 0) is 22.3 Å². The first-order valence-electron chi connectivity index (χ1n) is 6.73. The summed E-state index contributed by atoms with van der Waals surface area (Å²) in [6.45, 7) is 0. The Morgan fingerprint density at radius 1 is 0.650 bits per heavy atom. The Balaban J connectivity index is 2.03. The van der Waals surface area contributed by atoms with Crippen LogP contribution >= 0.6 is 22.6 Å². The Morgan fingerprint density at radius 2 is 1.05 bits per heavy atom. The number of benzene rings is 2. The molecule has 20 heavy (non-hydrogen) atoms. The maximum Gasteiger partial charge on any atom is 0.102 e. The summed E-state index contributed by atoms with van der Waals surface area (Å²) >= 11 is 2.53. The van der Waals surface area contributed by atoms with Crippen LogP contribution in [-0.4, -0.2) is 12.4 Å². The highest BCUT2D eigenvalue weighted by Gasteiger charge is 2.34. The number of halogens is 1. The van der Waals surface area contributed by atoms with Crippen molar-refractivity contribution < 1.29 is 0 Å². The van der Waals surface area contributed by atoms with Gasteiger partial charge in [-0.2, -0.15) is 0 Å². The van der Waals surface area contributed by atoms with Crippen molar-refractivity contribution in [3.05, 3.63) is 70.8 Å². The maximum atomic E-state index is 4.71. The van der Waals surface area contributed by atoms with Gasteiger partial charge in [0.15, 0.2) is 0 Å². The van der Waals surface area contributed by atoms with Gasteiger partial charge in [0.2, 0.25) is 0 Å². The zero-order chi connectivity index (χ0) is 13.5. The molecule has 3 heteroatoms. The lowest BCUT2D eigenvalue weighted by Crippen LogP contribution is -2.12. The molecule has 0 aromatic heterocycles. The third-order valence-corrected chi connectivity index (χ3v) is 5.38. The van der Waals surface area contributed by atoms with Crippen LogP contribution < -0.4 is 0 Å². The number of hydrogen-bond acceptors (Lipinski definition) is 2. The SMILES string of the molecule is IC1c2ccccc2C2N=CC=NC2c2ccccc21. The van der Waals surface area contributed by atoms with E-state index < -0.39 is 0 Å². The highest BCUT2D eigenvalue weighted by Crippen LogP contribution is 2.49. The van der Waals surface area contributed by atoms with E-state index in [4.69, 9.17) is 9.98 Å². The number of fused-ring (bicyclic) bond motifs is 5. The number of rotatable bonds is 0. The molecule has 0 saturated carbocycles. The number of nitrogens with zero attached hydrogens (tertiary/aromatic N) is 2. The molecular formula is C17H13IN2. The van der Waals surface area contributed by atoms with E-state index in [0.29, 0.717) is 3.92 Å². The van der Waals surface area contributed by atoms with Gasteiger partial charge in [0, 0.05) is 12.4 Å². The molecule has 0 spiro atoms. The summed E-state index contributed by atoms with van der Waals surface area (Å²) in [4.78, 5) is 9.42. The van der Waals surface area contributed by atoms with E-state index in [2.05, 4.69) is 71.1 Å². The van der Waals surface area contributed by atoms with Crippen LogP contribution in [0.1, 0.15) is 38.3 Å². The second-order valence-corrected chi connectivity index (χ2v) is 6.35. The molecule has 0 saturated heterocycles. The minimum Gasteiger partial charge on any atom is -0.281 e. The van der Waals surface area contributed by atoms with Gasteiger partial charge in [-0.1, -0.05) is 71.1 Å². The van der Waals surface area contributed by atoms with Crippen molar-refractivity contribution in [1.82, 2.24) is 0 Å². The fourth-order valence-corrected chi connectivity index (χ4v) is 4.25. The highest BCUT2D eigenvalue weighted by atomic mass is 127. The predicted octanol–water partition coefficient (Wildman–Crippen LogP) is 4.46. The van der Waals surface area contributed by atoms with Crippen molar-refractivity contribution in [1.29, 1.82) is 0 Å². The van der Waals surface area contributed by atoms with Crippen LogP contribution in [0.5, 0.6) is 0 Å². The van der Waals surface area contributed by atoms with Gasteiger partial charge in [-0.25, -0.2) is 0 Å². The van der Waals surface area contributed by atoms with Crippen LogP contribution in [0.2, 0.25) is 0 Å². The third-order valence-electron chi connectivity index (χ3n) is 4.03. The van der Waals surface area contributed by atoms with Crippen molar-refractivity contribution in [3.8, 4) is 0 Å². The minimum absolute atomic E-state index is 0.108. The fourth-order valence-electron chi connectivity index (χ4n) is 3.12. The van der Waals surface area contributed by atoms with Gasteiger partial charge in [0.25, 0.3) is 0 Å². The van der Waals surface area contributed by atoms with Crippen molar-refractivity contribution in [2.75, 3.05) is 0 Å². The van der Waals surface area contributed by atoms with Crippen LogP contribution in [0.3, 0.4) is 0 Å². The van der Waals surface area contributed by atoms with E-state index in [1.807, 2.05) is 12.4 Å². The summed E-state index contributed by atoms with van der Waals surface area (Å²) in [7, 11) is 0. The normalized spacial score (nSPS) is 26.4. The van der Waals surface area contributed by atoms with E-state index >= 15 is 0 Å². The molecule has 2 aliphatic rings. The molecule has 1 aliphatic heterocycles. The zero-order valence-electron chi connectivity index (χ0n) is 10.8. The lowest BCUT2D eigenvalue weighted by molar-refractivity contribution is 0.581.